The Morgan fingerprint density at radius 2 is 1.72 bits per heavy atom. The lowest BCUT2D eigenvalue weighted by Crippen LogP contribution is -2.27. The molecule has 0 aliphatic heterocycles. The van der Waals surface area contributed by atoms with Crippen LogP contribution in [0.3, 0.4) is 0 Å². The van der Waals surface area contributed by atoms with E-state index in [0.29, 0.717) is 42.5 Å². The van der Waals surface area contributed by atoms with E-state index >= 15 is 0 Å². The van der Waals surface area contributed by atoms with E-state index < -0.39 is 0 Å². The maximum atomic E-state index is 12.8. The van der Waals surface area contributed by atoms with E-state index in [1.54, 1.807) is 25.2 Å². The maximum Gasteiger partial charge on any atom is 0.271 e. The number of anilines is 1. The van der Waals surface area contributed by atoms with Gasteiger partial charge in [0.05, 0.1) is 18.5 Å². The van der Waals surface area contributed by atoms with Crippen molar-refractivity contribution in [3.05, 3.63) is 71.5 Å². The summed E-state index contributed by atoms with van der Waals surface area (Å²) < 4.78 is 12.7. The fraction of sp³-hybridized carbons (Fsp3) is 0.292. The van der Waals surface area contributed by atoms with E-state index in [2.05, 4.69) is 15.7 Å². The normalized spacial score (nSPS) is 10.5. The molecule has 0 bridgehead atoms. The molecule has 2 aromatic carbocycles. The monoisotopic (exact) mass is 436 g/mol. The molecular formula is C24H28N4O4. The number of amides is 2. The third kappa shape index (κ3) is 5.87. The number of hydrogen-bond acceptors (Lipinski definition) is 5. The van der Waals surface area contributed by atoms with Gasteiger partial charge in [-0.3, -0.25) is 14.3 Å². The van der Waals surface area contributed by atoms with E-state index in [1.165, 1.54) is 10.9 Å². The molecule has 32 heavy (non-hydrogen) atoms. The summed E-state index contributed by atoms with van der Waals surface area (Å²) in [5.74, 6) is 0.892. The fourth-order valence-corrected chi connectivity index (χ4v) is 3.08. The van der Waals surface area contributed by atoms with Crippen LogP contribution < -0.4 is 20.1 Å². The van der Waals surface area contributed by atoms with Crippen molar-refractivity contribution >= 4 is 17.5 Å². The molecule has 0 aliphatic rings. The van der Waals surface area contributed by atoms with Gasteiger partial charge in [0.1, 0.15) is 23.8 Å². The first-order valence-electron chi connectivity index (χ1n) is 10.6. The Morgan fingerprint density at radius 3 is 2.41 bits per heavy atom. The van der Waals surface area contributed by atoms with Crippen molar-refractivity contribution in [1.82, 2.24) is 15.1 Å². The molecule has 8 heteroatoms. The number of aryl methyl sites for hydroxylation is 1. The fourth-order valence-electron chi connectivity index (χ4n) is 3.08. The van der Waals surface area contributed by atoms with Gasteiger partial charge in [0.25, 0.3) is 11.8 Å². The van der Waals surface area contributed by atoms with Crippen LogP contribution in [0.15, 0.2) is 54.7 Å². The Morgan fingerprint density at radius 1 is 1.00 bits per heavy atom. The van der Waals surface area contributed by atoms with Crippen molar-refractivity contribution in [2.45, 2.75) is 26.9 Å². The van der Waals surface area contributed by atoms with Crippen molar-refractivity contribution in [2.75, 3.05) is 18.5 Å². The maximum absolute atomic E-state index is 12.8. The molecule has 0 aliphatic carbocycles. The van der Waals surface area contributed by atoms with Gasteiger partial charge >= 0.3 is 0 Å². The number of rotatable bonds is 10. The Kier molecular flexibility index (Phi) is 7.85. The number of aromatic nitrogens is 2. The number of carbonyl (C=O) groups excluding carboxylic acids is 2. The summed E-state index contributed by atoms with van der Waals surface area (Å²) in [4.78, 5) is 25.2. The second kappa shape index (κ2) is 11.0. The highest BCUT2D eigenvalue weighted by atomic mass is 16.5. The van der Waals surface area contributed by atoms with Crippen LogP contribution in [0.1, 0.15) is 46.7 Å². The predicted molar refractivity (Wildman–Crippen MR) is 122 cm³/mol. The largest absolute Gasteiger partial charge is 0.494 e. The summed E-state index contributed by atoms with van der Waals surface area (Å²) in [6, 6.07) is 14.5. The average Bonchev–Trinajstić information content (AvgIpc) is 3.17. The van der Waals surface area contributed by atoms with Gasteiger partial charge in [-0.05, 0) is 55.3 Å². The SMILES string of the molecule is CCCNC(=O)c1c(NC(=O)c2cccc(COc3ccc(OCC)cc3)c2)cnn1C. The van der Waals surface area contributed by atoms with Crippen LogP contribution in [-0.4, -0.2) is 34.7 Å². The van der Waals surface area contributed by atoms with E-state index in [0.717, 1.165) is 17.7 Å². The standard InChI is InChI=1S/C24H28N4O4/c1-4-13-25-24(30)22-21(15-26-28(22)3)27-23(29)18-8-6-7-17(14-18)16-32-20-11-9-19(10-12-20)31-5-2/h6-12,14-15H,4-5,13,16H2,1-3H3,(H,25,30)(H,27,29). The van der Waals surface area contributed by atoms with Crippen molar-refractivity contribution in [3.63, 3.8) is 0 Å². The number of benzene rings is 2. The van der Waals surface area contributed by atoms with Crippen LogP contribution in [0.25, 0.3) is 0 Å². The Bertz CT molecular complexity index is 1060. The van der Waals surface area contributed by atoms with Crippen molar-refractivity contribution < 1.29 is 19.1 Å². The van der Waals surface area contributed by atoms with Crippen LogP contribution >= 0.6 is 0 Å². The average molecular weight is 437 g/mol. The van der Waals surface area contributed by atoms with Crippen molar-refractivity contribution in [1.29, 1.82) is 0 Å². The van der Waals surface area contributed by atoms with Crippen LogP contribution in [0, 0.1) is 0 Å². The number of hydrogen-bond donors (Lipinski definition) is 2. The smallest absolute Gasteiger partial charge is 0.271 e. The first kappa shape index (κ1) is 22.9. The van der Waals surface area contributed by atoms with Gasteiger partial charge in [0.2, 0.25) is 0 Å². The van der Waals surface area contributed by atoms with Crippen LogP contribution in [0.2, 0.25) is 0 Å². The van der Waals surface area contributed by atoms with E-state index in [1.807, 2.05) is 44.2 Å². The molecule has 168 valence electrons. The molecule has 8 nitrogen and oxygen atoms in total. The Hall–Kier alpha value is -3.81. The first-order chi connectivity index (χ1) is 15.5. The molecule has 2 amide bonds. The summed E-state index contributed by atoms with van der Waals surface area (Å²) in [6.07, 6.45) is 2.29. The van der Waals surface area contributed by atoms with Gasteiger partial charge in [-0.1, -0.05) is 19.1 Å². The van der Waals surface area contributed by atoms with Gasteiger partial charge in [-0.2, -0.15) is 5.10 Å². The summed E-state index contributed by atoms with van der Waals surface area (Å²) in [7, 11) is 1.66. The van der Waals surface area contributed by atoms with Gasteiger partial charge in [0, 0.05) is 19.2 Å². The van der Waals surface area contributed by atoms with Gasteiger partial charge in [-0.25, -0.2) is 0 Å². The molecule has 0 atom stereocenters. The number of nitrogens with zero attached hydrogens (tertiary/aromatic N) is 2. The second-order valence-electron chi connectivity index (χ2n) is 7.13. The second-order valence-corrected chi connectivity index (χ2v) is 7.13. The molecule has 1 heterocycles. The van der Waals surface area contributed by atoms with Crippen LogP contribution in [-0.2, 0) is 13.7 Å². The molecule has 3 aromatic rings. The molecule has 0 saturated heterocycles. The highest BCUT2D eigenvalue weighted by molar-refractivity contribution is 6.08. The number of nitrogens with one attached hydrogen (secondary N) is 2. The number of ether oxygens (including phenoxy) is 2. The highest BCUT2D eigenvalue weighted by Gasteiger charge is 2.19. The molecule has 0 saturated carbocycles. The highest BCUT2D eigenvalue weighted by Crippen LogP contribution is 2.20. The van der Waals surface area contributed by atoms with Crippen LogP contribution in [0.5, 0.6) is 11.5 Å². The zero-order valence-corrected chi connectivity index (χ0v) is 18.6. The topological polar surface area (TPSA) is 94.5 Å². The van der Waals surface area contributed by atoms with E-state index in [4.69, 9.17) is 9.47 Å². The third-order valence-electron chi connectivity index (χ3n) is 4.67. The summed E-state index contributed by atoms with van der Waals surface area (Å²) in [6.45, 7) is 5.38. The zero-order valence-electron chi connectivity index (χ0n) is 18.6. The molecule has 0 spiro atoms. The lowest BCUT2D eigenvalue weighted by atomic mass is 10.1. The molecule has 2 N–H and O–H groups in total. The molecule has 1 aromatic heterocycles. The quantitative estimate of drug-likeness (QED) is 0.504. The van der Waals surface area contributed by atoms with Gasteiger partial charge in [-0.15, -0.1) is 0 Å². The molecule has 0 unspecified atom stereocenters. The minimum Gasteiger partial charge on any atom is -0.494 e. The lowest BCUT2D eigenvalue weighted by molar-refractivity contribution is 0.0945. The van der Waals surface area contributed by atoms with E-state index in [-0.39, 0.29) is 11.8 Å². The molecule has 0 radical (unpaired) electrons. The summed E-state index contributed by atoms with van der Waals surface area (Å²) in [5.41, 5.74) is 1.98. The number of carbonyl (C=O) groups is 2. The van der Waals surface area contributed by atoms with Crippen molar-refractivity contribution in [2.24, 2.45) is 7.05 Å². The summed E-state index contributed by atoms with van der Waals surface area (Å²) in [5, 5.41) is 9.69. The Labute approximate surface area is 187 Å². The minimum absolute atomic E-state index is 0.278. The third-order valence-corrected chi connectivity index (χ3v) is 4.67. The van der Waals surface area contributed by atoms with E-state index in [9.17, 15) is 9.59 Å². The predicted octanol–water partition coefficient (Wildman–Crippen LogP) is 3.79. The Balaban J connectivity index is 1.65. The molecular weight excluding hydrogens is 408 g/mol. The molecule has 0 fully saturated rings. The zero-order chi connectivity index (χ0) is 22.9. The minimum atomic E-state index is -0.328. The van der Waals surface area contributed by atoms with Gasteiger partial charge < -0.3 is 20.1 Å². The van der Waals surface area contributed by atoms with Gasteiger partial charge in [0.15, 0.2) is 0 Å². The van der Waals surface area contributed by atoms with Crippen LogP contribution in [0.4, 0.5) is 5.69 Å². The van der Waals surface area contributed by atoms with Crippen molar-refractivity contribution in [3.8, 4) is 11.5 Å². The summed E-state index contributed by atoms with van der Waals surface area (Å²) >= 11 is 0. The molecule has 3 rings (SSSR count). The first-order valence-corrected chi connectivity index (χ1v) is 10.6. The lowest BCUT2D eigenvalue weighted by Gasteiger charge is -2.10.